The zero-order valence-electron chi connectivity index (χ0n) is 19.5. The first kappa shape index (κ1) is 22.9. The van der Waals surface area contributed by atoms with Crippen LogP contribution in [0.5, 0.6) is 5.75 Å². The van der Waals surface area contributed by atoms with E-state index < -0.39 is 5.97 Å². The van der Waals surface area contributed by atoms with Gasteiger partial charge in [0.2, 0.25) is 0 Å². The van der Waals surface area contributed by atoms with Crippen molar-refractivity contribution in [2.75, 3.05) is 7.11 Å². The molecule has 1 fully saturated rings. The van der Waals surface area contributed by atoms with Crippen molar-refractivity contribution in [1.29, 1.82) is 0 Å². The number of carbonyl (C=O) groups is 2. The molecule has 0 unspecified atom stereocenters. The Kier molecular flexibility index (Phi) is 6.16. The van der Waals surface area contributed by atoms with Gasteiger partial charge in [0.05, 0.1) is 24.1 Å². The number of carbonyl (C=O) groups excluding carboxylic acids is 1. The first-order valence-corrected chi connectivity index (χ1v) is 11.8. The fraction of sp³-hybridized carbons (Fsp3) is 0.286. The van der Waals surface area contributed by atoms with Gasteiger partial charge in [-0.2, -0.15) is 0 Å². The van der Waals surface area contributed by atoms with Crippen molar-refractivity contribution in [3.63, 3.8) is 0 Å². The Morgan fingerprint density at radius 3 is 2.54 bits per heavy atom. The number of carboxylic acid groups (broad SMARTS) is 1. The van der Waals surface area contributed by atoms with Gasteiger partial charge < -0.3 is 19.7 Å². The number of benzene rings is 3. The zero-order valence-corrected chi connectivity index (χ0v) is 19.5. The number of nitrogens with zero attached hydrogens (tertiary/aromatic N) is 1. The number of hydrogen-bond donors (Lipinski definition) is 2. The van der Waals surface area contributed by atoms with Crippen LogP contribution in [0.25, 0.3) is 21.7 Å². The number of methoxy groups -OCH3 is 1. The van der Waals surface area contributed by atoms with Gasteiger partial charge in [0.15, 0.2) is 0 Å². The summed E-state index contributed by atoms with van der Waals surface area (Å²) in [4.78, 5) is 24.4. The molecule has 1 aliphatic rings. The van der Waals surface area contributed by atoms with Crippen LogP contribution in [0.2, 0.25) is 0 Å². The summed E-state index contributed by atoms with van der Waals surface area (Å²) in [5.74, 6) is -0.989. The number of nitrogens with one attached hydrogen (secondary N) is 1. The van der Waals surface area contributed by atoms with Crippen LogP contribution in [0, 0.1) is 11.7 Å². The standard InChI is InChI=1S/C28H27FN2O4/c1-35-22-9-6-18-3-2-17(14-20(18)15-22)16-31-13-12-23-25(29)11-10-24(26(23)31)27(32)30-21-7-4-19(5-8-21)28(33)34/h2-3,6,9-15,19,21H,4-5,7-8,16H2,1H3,(H,30,32)(H,33,34). The molecule has 5 rings (SSSR count). The van der Waals surface area contributed by atoms with E-state index in [1.165, 1.54) is 12.1 Å². The van der Waals surface area contributed by atoms with E-state index in [-0.39, 0.29) is 23.7 Å². The predicted octanol–water partition coefficient (Wildman–Crippen LogP) is 5.36. The molecule has 7 heteroatoms. The Balaban J connectivity index is 1.42. The minimum absolute atomic E-state index is 0.0860. The van der Waals surface area contributed by atoms with Crippen LogP contribution in [0.1, 0.15) is 41.6 Å². The monoisotopic (exact) mass is 474 g/mol. The van der Waals surface area contributed by atoms with Crippen molar-refractivity contribution in [3.05, 3.63) is 77.7 Å². The highest BCUT2D eigenvalue weighted by Crippen LogP contribution is 2.28. The van der Waals surface area contributed by atoms with Gasteiger partial charge in [-0.3, -0.25) is 9.59 Å². The lowest BCUT2D eigenvalue weighted by Crippen LogP contribution is -2.38. The summed E-state index contributed by atoms with van der Waals surface area (Å²) < 4.78 is 21.9. The lowest BCUT2D eigenvalue weighted by atomic mass is 9.86. The summed E-state index contributed by atoms with van der Waals surface area (Å²) in [5.41, 5.74) is 1.98. The molecule has 180 valence electrons. The average Bonchev–Trinajstić information content (AvgIpc) is 3.28. The SMILES string of the molecule is COc1ccc2ccc(Cn3ccc4c(F)ccc(C(=O)NC5CCC(C(=O)O)CC5)c43)cc2c1. The third kappa shape index (κ3) is 4.58. The quantitative estimate of drug-likeness (QED) is 0.394. The first-order valence-electron chi connectivity index (χ1n) is 11.8. The van der Waals surface area contributed by atoms with Crippen molar-refractivity contribution in [2.24, 2.45) is 5.92 Å². The Hall–Kier alpha value is -3.87. The second kappa shape index (κ2) is 9.41. The summed E-state index contributed by atoms with van der Waals surface area (Å²) >= 11 is 0. The Bertz CT molecular complexity index is 1420. The molecule has 0 saturated heterocycles. The Labute approximate surface area is 202 Å². The summed E-state index contributed by atoms with van der Waals surface area (Å²) in [5, 5.41) is 14.8. The average molecular weight is 475 g/mol. The molecule has 1 saturated carbocycles. The Morgan fingerprint density at radius 2 is 1.80 bits per heavy atom. The van der Waals surface area contributed by atoms with Crippen molar-refractivity contribution in [3.8, 4) is 5.75 Å². The molecule has 1 aliphatic carbocycles. The second-order valence-corrected chi connectivity index (χ2v) is 9.21. The second-order valence-electron chi connectivity index (χ2n) is 9.21. The van der Waals surface area contributed by atoms with Gasteiger partial charge in [0.25, 0.3) is 5.91 Å². The lowest BCUT2D eigenvalue weighted by Gasteiger charge is -2.27. The van der Waals surface area contributed by atoms with Gasteiger partial charge in [0.1, 0.15) is 11.6 Å². The smallest absolute Gasteiger partial charge is 0.306 e. The summed E-state index contributed by atoms with van der Waals surface area (Å²) in [6.07, 6.45) is 4.13. The molecule has 2 N–H and O–H groups in total. The van der Waals surface area contributed by atoms with Crippen molar-refractivity contribution < 1.29 is 23.8 Å². The predicted molar refractivity (Wildman–Crippen MR) is 132 cm³/mol. The van der Waals surface area contributed by atoms with Gasteiger partial charge in [-0.25, -0.2) is 4.39 Å². The number of hydrogen-bond acceptors (Lipinski definition) is 3. The molecular weight excluding hydrogens is 447 g/mol. The first-order chi connectivity index (χ1) is 16.9. The van der Waals surface area contributed by atoms with Crippen LogP contribution in [-0.4, -0.2) is 34.7 Å². The molecule has 1 heterocycles. The molecule has 1 amide bonds. The van der Waals surface area contributed by atoms with Crippen molar-refractivity contribution in [2.45, 2.75) is 38.3 Å². The van der Waals surface area contributed by atoms with Gasteiger partial charge in [0, 0.05) is 24.2 Å². The highest BCUT2D eigenvalue weighted by Gasteiger charge is 2.27. The number of fused-ring (bicyclic) bond motifs is 2. The van der Waals surface area contributed by atoms with Crippen LogP contribution in [-0.2, 0) is 11.3 Å². The molecule has 6 nitrogen and oxygen atoms in total. The molecule has 0 atom stereocenters. The largest absolute Gasteiger partial charge is 0.497 e. The van der Waals surface area contributed by atoms with E-state index in [4.69, 9.17) is 4.74 Å². The molecular formula is C28H27FN2O4. The lowest BCUT2D eigenvalue weighted by molar-refractivity contribution is -0.142. The highest BCUT2D eigenvalue weighted by atomic mass is 19.1. The summed E-state index contributed by atoms with van der Waals surface area (Å²) in [7, 11) is 1.63. The highest BCUT2D eigenvalue weighted by molar-refractivity contribution is 6.06. The van der Waals surface area contributed by atoms with Gasteiger partial charge >= 0.3 is 5.97 Å². The van der Waals surface area contributed by atoms with Gasteiger partial charge in [-0.05, 0) is 78.4 Å². The van der Waals surface area contributed by atoms with E-state index in [2.05, 4.69) is 11.4 Å². The molecule has 0 aliphatic heterocycles. The van der Waals surface area contributed by atoms with Crippen LogP contribution >= 0.6 is 0 Å². The maximum Gasteiger partial charge on any atom is 0.306 e. The number of halogens is 1. The van der Waals surface area contributed by atoms with Crippen molar-refractivity contribution >= 4 is 33.6 Å². The summed E-state index contributed by atoms with van der Waals surface area (Å²) in [6.45, 7) is 0.476. The van der Waals surface area contributed by atoms with E-state index in [1.54, 1.807) is 19.4 Å². The van der Waals surface area contributed by atoms with Gasteiger partial charge in [-0.1, -0.05) is 18.2 Å². The molecule has 1 aromatic heterocycles. The van der Waals surface area contributed by atoms with E-state index in [1.807, 2.05) is 34.9 Å². The molecule has 0 spiro atoms. The van der Waals surface area contributed by atoms with Crippen LogP contribution in [0.3, 0.4) is 0 Å². The van der Waals surface area contributed by atoms with E-state index >= 15 is 0 Å². The van der Waals surface area contributed by atoms with E-state index in [9.17, 15) is 19.1 Å². The number of amides is 1. The fourth-order valence-corrected chi connectivity index (χ4v) is 5.05. The third-order valence-corrected chi connectivity index (χ3v) is 6.99. The number of aliphatic carboxylic acids is 1. The number of aromatic nitrogens is 1. The van der Waals surface area contributed by atoms with Crippen LogP contribution < -0.4 is 10.1 Å². The summed E-state index contributed by atoms with van der Waals surface area (Å²) in [6, 6.07) is 16.5. The van der Waals surface area contributed by atoms with Crippen molar-refractivity contribution in [1.82, 2.24) is 9.88 Å². The van der Waals surface area contributed by atoms with Crippen LogP contribution in [0.15, 0.2) is 60.8 Å². The topological polar surface area (TPSA) is 80.6 Å². The fourth-order valence-electron chi connectivity index (χ4n) is 5.05. The van der Waals surface area contributed by atoms with E-state index in [0.717, 1.165) is 22.1 Å². The molecule has 3 aromatic carbocycles. The minimum Gasteiger partial charge on any atom is -0.497 e. The number of ether oxygens (including phenoxy) is 1. The number of rotatable bonds is 6. The molecule has 4 aromatic rings. The molecule has 0 bridgehead atoms. The zero-order chi connectivity index (χ0) is 24.5. The maximum absolute atomic E-state index is 14.6. The maximum atomic E-state index is 14.6. The number of carboxylic acids is 1. The Morgan fingerprint density at radius 1 is 1.03 bits per heavy atom. The van der Waals surface area contributed by atoms with Gasteiger partial charge in [-0.15, -0.1) is 0 Å². The molecule has 35 heavy (non-hydrogen) atoms. The van der Waals surface area contributed by atoms with E-state index in [0.29, 0.717) is 48.7 Å². The minimum atomic E-state index is -0.778. The normalized spacial score (nSPS) is 18.0. The molecule has 0 radical (unpaired) electrons. The van der Waals surface area contributed by atoms with Crippen LogP contribution in [0.4, 0.5) is 4.39 Å². The third-order valence-electron chi connectivity index (χ3n) is 6.99.